The predicted octanol–water partition coefficient (Wildman–Crippen LogP) is 2.04. The minimum absolute atomic E-state index is 0.176. The summed E-state index contributed by atoms with van der Waals surface area (Å²) in [5, 5.41) is 4.67. The van der Waals surface area contributed by atoms with Gasteiger partial charge in [-0.1, -0.05) is 37.5 Å². The van der Waals surface area contributed by atoms with Crippen molar-refractivity contribution in [2.24, 2.45) is 5.41 Å². The average Bonchev–Trinajstić information content (AvgIpc) is 2.80. The number of likely N-dealkylation sites (tertiary alicyclic amines) is 1. The lowest BCUT2D eigenvalue weighted by Gasteiger charge is -2.30. The van der Waals surface area contributed by atoms with E-state index >= 15 is 0 Å². The highest BCUT2D eigenvalue weighted by atomic mass is 16.2. The van der Waals surface area contributed by atoms with Crippen molar-refractivity contribution < 1.29 is 19.2 Å². The van der Waals surface area contributed by atoms with Crippen LogP contribution < -0.4 is 10.6 Å². The first kappa shape index (κ1) is 17.1. The number of hydrogen-bond acceptors (Lipinski definition) is 4. The molecule has 7 nitrogen and oxygen atoms in total. The second kappa shape index (κ2) is 7.04. The minimum atomic E-state index is -0.692. The molecule has 2 N–H and O–H groups in total. The lowest BCUT2D eigenvalue weighted by molar-refractivity contribution is -0.145. The van der Waals surface area contributed by atoms with Gasteiger partial charge in [0.25, 0.3) is 0 Å². The Bertz CT molecular complexity index is 696. The average molecular weight is 343 g/mol. The number of carbonyl (C=O) groups is 4. The molecule has 0 bridgehead atoms. The summed E-state index contributed by atoms with van der Waals surface area (Å²) in [6, 6.07) is 7.99. The largest absolute Gasteiger partial charge is 0.325 e. The fourth-order valence-corrected chi connectivity index (χ4v) is 3.63. The molecule has 0 aromatic heterocycles. The van der Waals surface area contributed by atoms with Crippen molar-refractivity contribution in [3.8, 4) is 0 Å². The van der Waals surface area contributed by atoms with E-state index in [4.69, 9.17) is 0 Å². The number of benzene rings is 1. The zero-order valence-corrected chi connectivity index (χ0v) is 13.9. The molecule has 1 spiro atoms. The van der Waals surface area contributed by atoms with Crippen LogP contribution in [0.15, 0.2) is 30.3 Å². The number of hydrogen-bond donors (Lipinski definition) is 2. The number of amides is 5. The van der Waals surface area contributed by atoms with E-state index in [0.29, 0.717) is 18.5 Å². The molecule has 2 fully saturated rings. The molecule has 1 saturated heterocycles. The molecule has 0 unspecified atom stereocenters. The third kappa shape index (κ3) is 3.70. The van der Waals surface area contributed by atoms with Gasteiger partial charge in [0.15, 0.2) is 0 Å². The number of anilines is 1. The SMILES string of the molecule is O=C(CN1C(=O)CC2(CCCCC2)C1=O)NC(=O)Nc1ccccc1. The highest BCUT2D eigenvalue weighted by Gasteiger charge is 2.51. The van der Waals surface area contributed by atoms with Gasteiger partial charge in [-0.3, -0.25) is 24.6 Å². The molecular weight excluding hydrogens is 322 g/mol. The molecule has 25 heavy (non-hydrogen) atoms. The van der Waals surface area contributed by atoms with E-state index in [-0.39, 0.29) is 18.2 Å². The normalized spacial score (nSPS) is 19.1. The van der Waals surface area contributed by atoms with E-state index in [2.05, 4.69) is 10.6 Å². The van der Waals surface area contributed by atoms with Gasteiger partial charge in [-0.15, -0.1) is 0 Å². The van der Waals surface area contributed by atoms with Gasteiger partial charge in [0, 0.05) is 12.1 Å². The molecule has 1 heterocycles. The van der Waals surface area contributed by atoms with Crippen LogP contribution in [-0.4, -0.2) is 35.2 Å². The van der Waals surface area contributed by atoms with Gasteiger partial charge < -0.3 is 5.32 Å². The quantitative estimate of drug-likeness (QED) is 0.821. The van der Waals surface area contributed by atoms with Crippen LogP contribution in [0.25, 0.3) is 0 Å². The summed E-state index contributed by atoms with van der Waals surface area (Å²) < 4.78 is 0. The smallest absolute Gasteiger partial charge is 0.308 e. The summed E-state index contributed by atoms with van der Waals surface area (Å²) >= 11 is 0. The van der Waals surface area contributed by atoms with Crippen molar-refractivity contribution in [1.82, 2.24) is 10.2 Å². The molecule has 0 radical (unpaired) electrons. The Balaban J connectivity index is 1.56. The van der Waals surface area contributed by atoms with Gasteiger partial charge in [-0.25, -0.2) is 4.79 Å². The van der Waals surface area contributed by atoms with E-state index in [1.807, 2.05) is 0 Å². The van der Waals surface area contributed by atoms with Crippen LogP contribution in [-0.2, 0) is 14.4 Å². The van der Waals surface area contributed by atoms with Gasteiger partial charge in [0.2, 0.25) is 17.7 Å². The monoisotopic (exact) mass is 343 g/mol. The Morgan fingerprint density at radius 1 is 1.04 bits per heavy atom. The molecular formula is C18H21N3O4. The zero-order chi connectivity index (χ0) is 17.9. The summed E-state index contributed by atoms with van der Waals surface area (Å²) in [6.07, 6.45) is 4.50. The number of nitrogens with one attached hydrogen (secondary N) is 2. The third-order valence-electron chi connectivity index (χ3n) is 4.89. The fourth-order valence-electron chi connectivity index (χ4n) is 3.63. The second-order valence-corrected chi connectivity index (χ2v) is 6.67. The van der Waals surface area contributed by atoms with Crippen molar-refractivity contribution in [3.63, 3.8) is 0 Å². The Morgan fingerprint density at radius 2 is 1.72 bits per heavy atom. The van der Waals surface area contributed by atoms with Crippen LogP contribution in [0, 0.1) is 5.41 Å². The van der Waals surface area contributed by atoms with Gasteiger partial charge >= 0.3 is 6.03 Å². The molecule has 1 aliphatic heterocycles. The lowest BCUT2D eigenvalue weighted by Crippen LogP contribution is -2.45. The molecule has 1 aromatic rings. The first-order valence-electron chi connectivity index (χ1n) is 8.51. The van der Waals surface area contributed by atoms with Crippen molar-refractivity contribution in [2.75, 3.05) is 11.9 Å². The third-order valence-corrected chi connectivity index (χ3v) is 4.89. The number of nitrogens with zero attached hydrogens (tertiary/aromatic N) is 1. The van der Waals surface area contributed by atoms with Crippen molar-refractivity contribution in [3.05, 3.63) is 30.3 Å². The second-order valence-electron chi connectivity index (χ2n) is 6.67. The first-order chi connectivity index (χ1) is 12.0. The highest BCUT2D eigenvalue weighted by molar-refractivity contribution is 6.10. The summed E-state index contributed by atoms with van der Waals surface area (Å²) in [6.45, 7) is -0.415. The maximum Gasteiger partial charge on any atom is 0.325 e. The Morgan fingerprint density at radius 3 is 2.40 bits per heavy atom. The standard InChI is InChI=1S/C18H21N3O4/c22-14(20-17(25)19-13-7-3-1-4-8-13)12-21-15(23)11-18(16(21)24)9-5-2-6-10-18/h1,3-4,7-8H,2,5-6,9-12H2,(H2,19,20,22,25). The highest BCUT2D eigenvalue weighted by Crippen LogP contribution is 2.45. The zero-order valence-electron chi connectivity index (χ0n) is 13.9. The van der Waals surface area contributed by atoms with Crippen molar-refractivity contribution in [2.45, 2.75) is 38.5 Å². The summed E-state index contributed by atoms with van der Waals surface area (Å²) in [4.78, 5) is 49.7. The van der Waals surface area contributed by atoms with Gasteiger partial charge in [0.05, 0.1) is 5.41 Å². The minimum Gasteiger partial charge on any atom is -0.308 e. The first-order valence-corrected chi connectivity index (χ1v) is 8.51. The van der Waals surface area contributed by atoms with Crippen LogP contribution in [0.3, 0.4) is 0 Å². The number of para-hydroxylation sites is 1. The Kier molecular flexibility index (Phi) is 4.83. The van der Waals surface area contributed by atoms with Crippen LogP contribution in [0.1, 0.15) is 38.5 Å². The summed E-state index contributed by atoms with van der Waals surface area (Å²) in [5.74, 6) is -1.27. The molecule has 1 saturated carbocycles. The number of urea groups is 1. The number of imide groups is 2. The van der Waals surface area contributed by atoms with Gasteiger partial charge in [-0.05, 0) is 25.0 Å². The topological polar surface area (TPSA) is 95.6 Å². The fraction of sp³-hybridized carbons (Fsp3) is 0.444. The molecule has 0 atom stereocenters. The van der Waals surface area contributed by atoms with Gasteiger partial charge in [-0.2, -0.15) is 0 Å². The molecule has 7 heteroatoms. The van der Waals surface area contributed by atoms with E-state index in [1.54, 1.807) is 30.3 Å². The number of carbonyl (C=O) groups excluding carboxylic acids is 4. The molecule has 2 aliphatic rings. The predicted molar refractivity (Wildman–Crippen MR) is 90.5 cm³/mol. The van der Waals surface area contributed by atoms with Crippen LogP contribution in [0.4, 0.5) is 10.5 Å². The van der Waals surface area contributed by atoms with Crippen molar-refractivity contribution in [1.29, 1.82) is 0 Å². The van der Waals surface area contributed by atoms with E-state index in [9.17, 15) is 19.2 Å². The Hall–Kier alpha value is -2.70. The maximum atomic E-state index is 12.6. The van der Waals surface area contributed by atoms with E-state index < -0.39 is 23.9 Å². The molecule has 5 amide bonds. The molecule has 1 aromatic carbocycles. The van der Waals surface area contributed by atoms with Crippen LogP contribution in [0.5, 0.6) is 0 Å². The lowest BCUT2D eigenvalue weighted by atomic mass is 9.73. The van der Waals surface area contributed by atoms with E-state index in [1.165, 1.54) is 0 Å². The molecule has 1 aliphatic carbocycles. The maximum absolute atomic E-state index is 12.6. The summed E-state index contributed by atoms with van der Waals surface area (Å²) in [7, 11) is 0. The van der Waals surface area contributed by atoms with Crippen LogP contribution in [0.2, 0.25) is 0 Å². The number of rotatable bonds is 3. The van der Waals surface area contributed by atoms with E-state index in [0.717, 1.165) is 24.2 Å². The van der Waals surface area contributed by atoms with Crippen molar-refractivity contribution >= 4 is 29.4 Å². The summed E-state index contributed by atoms with van der Waals surface area (Å²) in [5.41, 5.74) is -0.0793. The van der Waals surface area contributed by atoms with Gasteiger partial charge in [0.1, 0.15) is 6.54 Å². The Labute approximate surface area is 145 Å². The van der Waals surface area contributed by atoms with Crippen LogP contribution >= 0.6 is 0 Å². The molecule has 3 rings (SSSR count). The molecule has 132 valence electrons.